The molecular weight excluding hydrogens is 380 g/mol. The number of carbonyl (C=O) groups excluding carboxylic acids is 5. The van der Waals surface area contributed by atoms with Crippen LogP contribution in [0.3, 0.4) is 0 Å². The topological polar surface area (TPSA) is 139 Å². The summed E-state index contributed by atoms with van der Waals surface area (Å²) < 4.78 is 5.00. The first-order valence-corrected chi connectivity index (χ1v) is 9.33. The van der Waals surface area contributed by atoms with E-state index in [2.05, 4.69) is 5.32 Å². The predicted octanol–water partition coefficient (Wildman–Crippen LogP) is -0.465. The van der Waals surface area contributed by atoms with Crippen LogP contribution in [0.2, 0.25) is 0 Å². The van der Waals surface area contributed by atoms with Gasteiger partial charge in [0.25, 0.3) is 17.7 Å². The van der Waals surface area contributed by atoms with Gasteiger partial charge in [-0.2, -0.15) is 0 Å². The maximum absolute atomic E-state index is 12.9. The monoisotopic (exact) mass is 402 g/mol. The molecule has 0 bridgehead atoms. The highest BCUT2D eigenvalue weighted by molar-refractivity contribution is 6.23. The summed E-state index contributed by atoms with van der Waals surface area (Å²) in [6.45, 7) is 2.17. The maximum Gasteiger partial charge on any atom is 0.319 e. The average Bonchev–Trinajstić information content (AvgIpc) is 2.93. The van der Waals surface area contributed by atoms with Crippen LogP contribution in [-0.2, 0) is 19.1 Å². The van der Waals surface area contributed by atoms with E-state index in [1.54, 1.807) is 0 Å². The van der Waals surface area contributed by atoms with Gasteiger partial charge in [0, 0.05) is 12.1 Å². The maximum atomic E-state index is 12.9. The number of anilines is 1. The summed E-state index contributed by atoms with van der Waals surface area (Å²) in [5.74, 6) is -2.80. The third-order valence-electron chi connectivity index (χ3n) is 4.83. The van der Waals surface area contributed by atoms with Crippen molar-refractivity contribution in [1.29, 1.82) is 0 Å². The first kappa shape index (κ1) is 20.5. The lowest BCUT2D eigenvalue weighted by molar-refractivity contribution is -0.155. The number of hydrogen-bond acceptors (Lipinski definition) is 8. The number of esters is 1. The summed E-state index contributed by atoms with van der Waals surface area (Å²) in [6.07, 6.45) is 0.0482. The number of nitrogen functional groups attached to an aromatic ring is 1. The van der Waals surface area contributed by atoms with Gasteiger partial charge in [-0.25, -0.2) is 0 Å². The zero-order chi connectivity index (χ0) is 21.1. The number of piperidine rings is 1. The largest absolute Gasteiger partial charge is 0.463 e. The van der Waals surface area contributed by atoms with Gasteiger partial charge in [-0.3, -0.25) is 33.8 Å². The number of nitrogens with one attached hydrogen (secondary N) is 1. The summed E-state index contributed by atoms with van der Waals surface area (Å²) in [4.78, 5) is 63.8. The third-order valence-corrected chi connectivity index (χ3v) is 4.83. The Morgan fingerprint density at radius 1 is 1.21 bits per heavy atom. The van der Waals surface area contributed by atoms with Gasteiger partial charge in [-0.05, 0) is 31.2 Å². The lowest BCUT2D eigenvalue weighted by atomic mass is 10.0. The van der Waals surface area contributed by atoms with Gasteiger partial charge in [0.1, 0.15) is 12.6 Å². The van der Waals surface area contributed by atoms with Crippen molar-refractivity contribution in [2.45, 2.75) is 25.8 Å². The number of imide groups is 2. The molecule has 2 aliphatic rings. The van der Waals surface area contributed by atoms with E-state index in [4.69, 9.17) is 10.5 Å². The van der Waals surface area contributed by atoms with E-state index in [-0.39, 0.29) is 43.7 Å². The summed E-state index contributed by atoms with van der Waals surface area (Å²) in [5.41, 5.74) is 6.34. The molecule has 10 nitrogen and oxygen atoms in total. The van der Waals surface area contributed by atoms with Crippen molar-refractivity contribution >= 4 is 35.3 Å². The molecule has 29 heavy (non-hydrogen) atoms. The molecule has 3 rings (SSSR count). The van der Waals surface area contributed by atoms with Crippen molar-refractivity contribution < 1.29 is 28.7 Å². The highest BCUT2D eigenvalue weighted by Gasteiger charge is 2.46. The highest BCUT2D eigenvalue weighted by Crippen LogP contribution is 2.30. The summed E-state index contributed by atoms with van der Waals surface area (Å²) >= 11 is 0. The third kappa shape index (κ3) is 3.97. The molecule has 1 aromatic rings. The molecule has 1 atom stereocenters. The zero-order valence-corrected chi connectivity index (χ0v) is 16.0. The first-order chi connectivity index (χ1) is 13.8. The Kier molecular flexibility index (Phi) is 5.92. The Balaban J connectivity index is 1.69. The lowest BCUT2D eigenvalue weighted by Gasteiger charge is -2.34. The number of likely N-dealkylation sites (N-methyl/N-ethyl adjacent to an activating group) is 1. The predicted molar refractivity (Wildman–Crippen MR) is 101 cm³/mol. The molecule has 2 heterocycles. The molecule has 1 unspecified atom stereocenters. The fraction of sp³-hybridized carbons (Fsp3) is 0.421. The van der Waals surface area contributed by atoms with Crippen molar-refractivity contribution in [3.63, 3.8) is 0 Å². The number of fused-ring (bicyclic) bond motifs is 1. The van der Waals surface area contributed by atoms with Crippen LogP contribution in [-0.4, -0.2) is 71.7 Å². The molecule has 0 aliphatic carbocycles. The molecule has 1 fully saturated rings. The summed E-state index contributed by atoms with van der Waals surface area (Å²) in [6, 6.07) is 3.27. The molecule has 154 valence electrons. The van der Waals surface area contributed by atoms with E-state index in [9.17, 15) is 24.0 Å². The Labute approximate surface area is 166 Å². The Morgan fingerprint density at radius 3 is 2.66 bits per heavy atom. The summed E-state index contributed by atoms with van der Waals surface area (Å²) in [5, 5.41) is 2.81. The van der Waals surface area contributed by atoms with Crippen LogP contribution in [0.5, 0.6) is 0 Å². The van der Waals surface area contributed by atoms with Gasteiger partial charge < -0.3 is 15.8 Å². The van der Waals surface area contributed by atoms with Crippen LogP contribution in [0, 0.1) is 0 Å². The van der Waals surface area contributed by atoms with E-state index in [1.807, 2.05) is 6.92 Å². The second kappa shape index (κ2) is 8.39. The van der Waals surface area contributed by atoms with Crippen molar-refractivity contribution in [3.05, 3.63) is 29.3 Å². The molecule has 0 aromatic heterocycles. The molecule has 3 N–H and O–H groups in total. The van der Waals surface area contributed by atoms with Crippen LogP contribution in [0.1, 0.15) is 40.5 Å². The van der Waals surface area contributed by atoms with Crippen LogP contribution in [0.4, 0.5) is 5.69 Å². The van der Waals surface area contributed by atoms with Crippen LogP contribution in [0.15, 0.2) is 18.2 Å². The van der Waals surface area contributed by atoms with Crippen LogP contribution in [0.25, 0.3) is 0 Å². The Morgan fingerprint density at radius 2 is 1.93 bits per heavy atom. The van der Waals surface area contributed by atoms with Crippen molar-refractivity contribution in [1.82, 2.24) is 15.1 Å². The van der Waals surface area contributed by atoms with Crippen molar-refractivity contribution in [3.8, 4) is 0 Å². The molecule has 1 aromatic carbocycles. The molecule has 2 aliphatic heterocycles. The lowest BCUT2D eigenvalue weighted by Crippen LogP contribution is -2.56. The molecular formula is C19H22N4O6. The fourth-order valence-electron chi connectivity index (χ4n) is 3.38. The molecule has 1 saturated heterocycles. The molecule has 0 radical (unpaired) electrons. The van der Waals surface area contributed by atoms with Crippen LogP contribution < -0.4 is 11.1 Å². The minimum Gasteiger partial charge on any atom is -0.463 e. The van der Waals surface area contributed by atoms with E-state index in [0.717, 1.165) is 9.80 Å². The van der Waals surface area contributed by atoms with E-state index in [0.29, 0.717) is 12.2 Å². The first-order valence-electron chi connectivity index (χ1n) is 9.33. The number of ether oxygens (including phenoxy) is 1. The number of rotatable bonds is 7. The highest BCUT2D eigenvalue weighted by atomic mass is 16.5. The van der Waals surface area contributed by atoms with E-state index in [1.165, 1.54) is 18.2 Å². The van der Waals surface area contributed by atoms with Gasteiger partial charge in [-0.1, -0.05) is 6.92 Å². The van der Waals surface area contributed by atoms with Gasteiger partial charge in [0.2, 0.25) is 5.91 Å². The van der Waals surface area contributed by atoms with Gasteiger partial charge in [0.05, 0.1) is 24.2 Å². The number of benzene rings is 1. The van der Waals surface area contributed by atoms with Gasteiger partial charge in [-0.15, -0.1) is 0 Å². The van der Waals surface area contributed by atoms with E-state index >= 15 is 0 Å². The quantitative estimate of drug-likeness (QED) is 0.355. The normalized spacial score (nSPS) is 19.0. The second-order valence-electron chi connectivity index (χ2n) is 6.72. The summed E-state index contributed by atoms with van der Waals surface area (Å²) in [7, 11) is 0. The Bertz CT molecular complexity index is 883. The van der Waals surface area contributed by atoms with Gasteiger partial charge >= 0.3 is 5.97 Å². The van der Waals surface area contributed by atoms with Crippen LogP contribution >= 0.6 is 0 Å². The smallest absolute Gasteiger partial charge is 0.319 e. The standard InChI is InChI=1S/C19H22N4O6/c1-2-21-10-16(25)29-8-7-22-15(24)6-5-14(19(22)28)23-17(26)12-4-3-11(20)9-13(12)18(23)27/h3-4,9,14,21H,2,5-8,10,20H2,1H3. The number of hydrogen-bond donors (Lipinski definition) is 2. The molecule has 0 spiro atoms. The molecule has 0 saturated carbocycles. The minimum absolute atomic E-state index is 0.00269. The molecule has 4 amide bonds. The number of carbonyl (C=O) groups is 5. The van der Waals surface area contributed by atoms with Crippen molar-refractivity contribution in [2.24, 2.45) is 0 Å². The Hall–Kier alpha value is -3.27. The van der Waals surface area contributed by atoms with Gasteiger partial charge in [0.15, 0.2) is 0 Å². The van der Waals surface area contributed by atoms with E-state index < -0.39 is 35.6 Å². The SMILES string of the molecule is CCNCC(=O)OCCN1C(=O)CCC(N2C(=O)c3ccc(N)cc3C2=O)C1=O. The second-order valence-corrected chi connectivity index (χ2v) is 6.72. The number of likely N-dealkylation sites (tertiary alicyclic amines) is 1. The minimum atomic E-state index is -1.08. The fourth-order valence-corrected chi connectivity index (χ4v) is 3.38. The number of nitrogens with zero attached hydrogens (tertiary/aromatic N) is 2. The average molecular weight is 402 g/mol. The number of amides is 4. The zero-order valence-electron chi connectivity index (χ0n) is 16.0. The number of nitrogens with two attached hydrogens (primary N) is 1. The molecule has 10 heteroatoms. The van der Waals surface area contributed by atoms with Crippen molar-refractivity contribution in [2.75, 3.05) is 32.0 Å².